The minimum atomic E-state index is -0.713. The van der Waals surface area contributed by atoms with Gasteiger partial charge in [0.05, 0.1) is 25.8 Å². The Labute approximate surface area is 174 Å². The van der Waals surface area contributed by atoms with Crippen LogP contribution in [-0.2, 0) is 17.8 Å². The van der Waals surface area contributed by atoms with Gasteiger partial charge in [-0.2, -0.15) is 0 Å². The Morgan fingerprint density at radius 2 is 2.13 bits per heavy atom. The van der Waals surface area contributed by atoms with E-state index >= 15 is 0 Å². The minimum Gasteiger partial charge on any atom is -0.495 e. The second kappa shape index (κ2) is 8.28. The molecule has 2 aliphatic rings. The molecule has 1 amide bonds. The van der Waals surface area contributed by atoms with Crippen molar-refractivity contribution in [1.29, 1.82) is 0 Å². The lowest BCUT2D eigenvalue weighted by molar-refractivity contribution is -0.130. The van der Waals surface area contributed by atoms with Gasteiger partial charge in [0.25, 0.3) is 0 Å². The van der Waals surface area contributed by atoms with Gasteiger partial charge in [0.1, 0.15) is 17.4 Å². The van der Waals surface area contributed by atoms with Gasteiger partial charge in [0.2, 0.25) is 5.91 Å². The molecule has 6 nitrogen and oxygen atoms in total. The number of benzene rings is 1. The van der Waals surface area contributed by atoms with Crippen LogP contribution in [0.3, 0.4) is 0 Å². The number of aliphatic hydroxyl groups excluding tert-OH is 1. The lowest BCUT2D eigenvalue weighted by Gasteiger charge is -2.27. The zero-order chi connectivity index (χ0) is 21.3. The predicted molar refractivity (Wildman–Crippen MR) is 106 cm³/mol. The highest BCUT2D eigenvalue weighted by Gasteiger charge is 2.53. The third-order valence-corrected chi connectivity index (χ3v) is 6.30. The number of methoxy groups -OCH3 is 1. The van der Waals surface area contributed by atoms with Crippen LogP contribution in [0.5, 0.6) is 5.75 Å². The molecule has 0 spiro atoms. The van der Waals surface area contributed by atoms with Crippen LogP contribution in [-0.4, -0.2) is 65.7 Å². The van der Waals surface area contributed by atoms with Gasteiger partial charge in [-0.1, -0.05) is 6.07 Å². The van der Waals surface area contributed by atoms with Crippen molar-refractivity contribution in [2.45, 2.75) is 13.0 Å². The van der Waals surface area contributed by atoms with Crippen molar-refractivity contribution < 1.29 is 23.4 Å². The number of hydrogen-bond acceptors (Lipinski definition) is 5. The molecular weight excluding hydrogens is 392 g/mol. The molecule has 160 valence electrons. The summed E-state index contributed by atoms with van der Waals surface area (Å²) in [4.78, 5) is 21.1. The zero-order valence-electron chi connectivity index (χ0n) is 16.9. The van der Waals surface area contributed by atoms with Crippen LogP contribution in [0.4, 0.5) is 8.78 Å². The summed E-state index contributed by atoms with van der Waals surface area (Å²) in [6.45, 7) is 2.89. The minimum absolute atomic E-state index is 0.0256. The van der Waals surface area contributed by atoms with E-state index in [2.05, 4.69) is 9.88 Å². The summed E-state index contributed by atoms with van der Waals surface area (Å²) in [7, 11) is 1.61. The topological polar surface area (TPSA) is 65.9 Å². The van der Waals surface area contributed by atoms with Crippen molar-refractivity contribution in [2.24, 2.45) is 11.3 Å². The number of aliphatic hydroxyl groups is 1. The molecule has 1 aromatic heterocycles. The van der Waals surface area contributed by atoms with E-state index in [1.54, 1.807) is 18.2 Å². The number of hydrogen-bond donors (Lipinski definition) is 1. The summed E-state index contributed by atoms with van der Waals surface area (Å²) in [5, 5.41) is 10.2. The molecular formula is C22H25F2N3O3. The SMILES string of the molecule is COc1cccnc1CN1C[C@H]2CN(C(=O)Cc3ccc(F)cc3F)C[C@@]2(CO)C1. The molecule has 30 heavy (non-hydrogen) atoms. The van der Waals surface area contributed by atoms with E-state index in [0.29, 0.717) is 26.2 Å². The number of fused-ring (bicyclic) bond motifs is 1. The molecule has 2 aliphatic heterocycles. The van der Waals surface area contributed by atoms with Gasteiger partial charge >= 0.3 is 0 Å². The monoisotopic (exact) mass is 417 g/mol. The number of ether oxygens (including phenoxy) is 1. The number of amides is 1. The molecule has 2 atom stereocenters. The summed E-state index contributed by atoms with van der Waals surface area (Å²) < 4.78 is 32.4. The highest BCUT2D eigenvalue weighted by Crippen LogP contribution is 2.43. The molecule has 0 radical (unpaired) electrons. The summed E-state index contributed by atoms with van der Waals surface area (Å²) in [5.41, 5.74) is 0.618. The largest absolute Gasteiger partial charge is 0.495 e. The maximum absolute atomic E-state index is 13.9. The standard InChI is InChI=1S/C22H25F2N3O3/c1-30-20-3-2-6-25-19(20)11-26-9-16-10-27(13-22(16,12-26)14-28)21(29)7-15-4-5-17(23)8-18(15)24/h2-6,8,16,28H,7,9-14H2,1H3/t16-,22+/m0/s1. The number of carbonyl (C=O) groups excluding carboxylic acids is 1. The molecule has 2 fully saturated rings. The van der Waals surface area contributed by atoms with Crippen molar-refractivity contribution in [1.82, 2.24) is 14.8 Å². The lowest BCUT2D eigenvalue weighted by atomic mass is 9.82. The second-order valence-electron chi connectivity index (χ2n) is 8.23. The summed E-state index contributed by atoms with van der Waals surface area (Å²) in [5.74, 6) is -0.732. The predicted octanol–water partition coefficient (Wildman–Crippen LogP) is 1.86. The Kier molecular flexibility index (Phi) is 5.71. The number of halogens is 2. The van der Waals surface area contributed by atoms with Gasteiger partial charge in [0.15, 0.2) is 0 Å². The third kappa shape index (κ3) is 3.89. The molecule has 1 N–H and O–H groups in total. The average Bonchev–Trinajstić information content (AvgIpc) is 3.24. The maximum atomic E-state index is 13.9. The molecule has 2 aromatic rings. The fourth-order valence-electron chi connectivity index (χ4n) is 4.70. The first-order valence-electron chi connectivity index (χ1n) is 9.97. The number of nitrogens with zero attached hydrogens (tertiary/aromatic N) is 3. The highest BCUT2D eigenvalue weighted by molar-refractivity contribution is 5.79. The van der Waals surface area contributed by atoms with E-state index in [-0.39, 0.29) is 30.4 Å². The molecule has 0 aliphatic carbocycles. The number of aromatic nitrogens is 1. The first-order chi connectivity index (χ1) is 14.4. The quantitative estimate of drug-likeness (QED) is 0.777. The van der Waals surface area contributed by atoms with Gasteiger partial charge in [-0.05, 0) is 29.7 Å². The van der Waals surface area contributed by atoms with Crippen molar-refractivity contribution in [3.8, 4) is 5.75 Å². The van der Waals surface area contributed by atoms with Crippen LogP contribution in [0.25, 0.3) is 0 Å². The molecule has 4 rings (SSSR count). The van der Waals surface area contributed by atoms with E-state index in [1.807, 2.05) is 12.1 Å². The zero-order valence-corrected chi connectivity index (χ0v) is 16.9. The van der Waals surface area contributed by atoms with E-state index in [4.69, 9.17) is 4.74 Å². The highest BCUT2D eigenvalue weighted by atomic mass is 19.1. The van der Waals surface area contributed by atoms with Crippen LogP contribution in [0.1, 0.15) is 11.3 Å². The molecule has 0 saturated carbocycles. The van der Waals surface area contributed by atoms with Crippen molar-refractivity contribution >= 4 is 5.91 Å². The Morgan fingerprint density at radius 3 is 2.83 bits per heavy atom. The Hall–Kier alpha value is -2.58. The van der Waals surface area contributed by atoms with Crippen LogP contribution >= 0.6 is 0 Å². The Morgan fingerprint density at radius 1 is 1.30 bits per heavy atom. The van der Waals surface area contributed by atoms with Gasteiger partial charge in [-0.15, -0.1) is 0 Å². The van der Waals surface area contributed by atoms with Crippen LogP contribution < -0.4 is 4.74 Å². The number of pyridine rings is 1. The van der Waals surface area contributed by atoms with Gasteiger partial charge in [0, 0.05) is 50.4 Å². The van der Waals surface area contributed by atoms with E-state index in [9.17, 15) is 18.7 Å². The van der Waals surface area contributed by atoms with E-state index < -0.39 is 17.0 Å². The van der Waals surface area contributed by atoms with Gasteiger partial charge < -0.3 is 14.7 Å². The van der Waals surface area contributed by atoms with E-state index in [1.165, 1.54) is 6.07 Å². The van der Waals surface area contributed by atoms with Crippen LogP contribution in [0.15, 0.2) is 36.5 Å². The van der Waals surface area contributed by atoms with Crippen molar-refractivity contribution in [3.05, 3.63) is 59.4 Å². The normalized spacial score (nSPS) is 23.6. The number of carbonyl (C=O) groups is 1. The third-order valence-electron chi connectivity index (χ3n) is 6.30. The fourth-order valence-corrected chi connectivity index (χ4v) is 4.70. The van der Waals surface area contributed by atoms with E-state index in [0.717, 1.165) is 30.1 Å². The van der Waals surface area contributed by atoms with Crippen molar-refractivity contribution in [3.63, 3.8) is 0 Å². The van der Waals surface area contributed by atoms with Crippen molar-refractivity contribution in [2.75, 3.05) is 39.9 Å². The smallest absolute Gasteiger partial charge is 0.227 e. The fraction of sp³-hybridized carbons (Fsp3) is 0.455. The second-order valence-corrected chi connectivity index (χ2v) is 8.23. The average molecular weight is 417 g/mol. The molecule has 0 unspecified atom stereocenters. The van der Waals surface area contributed by atoms with Gasteiger partial charge in [-0.25, -0.2) is 8.78 Å². The summed E-state index contributed by atoms with van der Waals surface area (Å²) in [6.07, 6.45) is 1.61. The lowest BCUT2D eigenvalue weighted by Crippen LogP contribution is -2.39. The van der Waals surface area contributed by atoms with Crippen LogP contribution in [0.2, 0.25) is 0 Å². The molecule has 0 bridgehead atoms. The molecule has 8 heteroatoms. The molecule has 1 aromatic carbocycles. The summed E-state index contributed by atoms with van der Waals surface area (Å²) in [6, 6.07) is 6.95. The Bertz CT molecular complexity index is 942. The van der Waals surface area contributed by atoms with Gasteiger partial charge in [-0.3, -0.25) is 14.7 Å². The first-order valence-corrected chi connectivity index (χ1v) is 9.97. The number of likely N-dealkylation sites (tertiary alicyclic amines) is 2. The molecule has 2 saturated heterocycles. The van der Waals surface area contributed by atoms with Crippen LogP contribution in [0, 0.1) is 23.0 Å². The first kappa shape index (κ1) is 20.7. The Balaban J connectivity index is 1.42. The summed E-state index contributed by atoms with van der Waals surface area (Å²) >= 11 is 0. The molecule has 3 heterocycles. The number of rotatable bonds is 6. The maximum Gasteiger partial charge on any atom is 0.227 e.